The second-order valence-corrected chi connectivity index (χ2v) is 10.5. The zero-order valence-electron chi connectivity index (χ0n) is 24.4. The van der Waals surface area contributed by atoms with Crippen molar-refractivity contribution in [2.24, 2.45) is 9.98 Å². The van der Waals surface area contributed by atoms with Gasteiger partial charge in [-0.25, -0.2) is 19.5 Å². The molecule has 1 N–H and O–H groups in total. The molecule has 0 aliphatic carbocycles. The van der Waals surface area contributed by atoms with Crippen LogP contribution in [0.1, 0.15) is 40.1 Å². The first-order chi connectivity index (χ1) is 21.9. The van der Waals surface area contributed by atoms with Gasteiger partial charge in [0.1, 0.15) is 0 Å². The molecule has 0 bridgehead atoms. The Kier molecular flexibility index (Phi) is 6.89. The molecule has 1 atom stereocenters. The van der Waals surface area contributed by atoms with Crippen LogP contribution in [0.15, 0.2) is 113 Å². The first-order valence-corrected chi connectivity index (χ1v) is 14.4. The number of hydrogen-bond donors (Lipinski definition) is 1. The number of para-hydroxylation sites is 3. The Morgan fingerprint density at radius 1 is 0.956 bits per heavy atom. The zero-order valence-corrected chi connectivity index (χ0v) is 24.4. The number of rotatable bonds is 6. The normalized spacial score (nSPS) is 14.8. The molecule has 0 saturated heterocycles. The van der Waals surface area contributed by atoms with Gasteiger partial charge in [0.05, 0.1) is 45.9 Å². The molecular formula is C34H27N7O4. The first kappa shape index (κ1) is 27.7. The van der Waals surface area contributed by atoms with Crippen LogP contribution in [0.2, 0.25) is 0 Å². The summed E-state index contributed by atoms with van der Waals surface area (Å²) < 4.78 is 6.93. The second kappa shape index (κ2) is 11.2. The number of nitrogens with zero attached hydrogens (tertiary/aromatic N) is 6. The number of fused-ring (bicyclic) bond motifs is 4. The Labute approximate surface area is 258 Å². The van der Waals surface area contributed by atoms with E-state index < -0.39 is 12.0 Å². The van der Waals surface area contributed by atoms with Gasteiger partial charge in [-0.1, -0.05) is 42.5 Å². The molecule has 0 radical (unpaired) electrons. The van der Waals surface area contributed by atoms with Crippen molar-refractivity contribution in [2.45, 2.75) is 19.9 Å². The van der Waals surface area contributed by atoms with Gasteiger partial charge >= 0.3 is 5.97 Å². The van der Waals surface area contributed by atoms with Crippen LogP contribution in [0, 0.1) is 17.0 Å². The molecule has 0 amide bonds. The number of aliphatic imine (C=N–C) groups is 2. The van der Waals surface area contributed by atoms with Gasteiger partial charge in [0.25, 0.3) is 5.69 Å². The molecule has 11 heteroatoms. The molecule has 1 aromatic heterocycles. The Balaban J connectivity index is 1.43. The van der Waals surface area contributed by atoms with Gasteiger partial charge in [-0.3, -0.25) is 10.1 Å². The monoisotopic (exact) mass is 597 g/mol. The number of nitro groups is 1. The van der Waals surface area contributed by atoms with E-state index in [1.807, 2.05) is 67.6 Å². The first-order valence-electron chi connectivity index (χ1n) is 14.4. The standard InChI is InChI=1S/C34H27N7O4/c1-3-45-34(42)22-16-18-24(19-17-22)35-31-33-37-32-29(21(2)38-40(32)25-11-5-4-6-12-25)30(23-10-9-13-26(20-23)41(43)44)39(33)28-15-8-7-14-27(28)36-31/h4-20,30H,3H2,1-2H3,(H,35,36)/t30-/m0/s1. The van der Waals surface area contributed by atoms with Crippen LogP contribution in [-0.4, -0.2) is 39.0 Å². The Hall–Kier alpha value is -6.10. The van der Waals surface area contributed by atoms with Crippen molar-refractivity contribution in [3.63, 3.8) is 0 Å². The van der Waals surface area contributed by atoms with Crippen molar-refractivity contribution in [2.75, 3.05) is 16.8 Å². The Morgan fingerprint density at radius 3 is 2.47 bits per heavy atom. The molecule has 2 aliphatic heterocycles. The number of non-ortho nitro benzene ring substituents is 1. The van der Waals surface area contributed by atoms with Crippen molar-refractivity contribution >= 4 is 46.2 Å². The number of benzene rings is 4. The topological polar surface area (TPSA) is 127 Å². The number of carbonyl (C=O) groups is 1. The lowest BCUT2D eigenvalue weighted by atomic mass is 9.93. The summed E-state index contributed by atoms with van der Waals surface area (Å²) in [5, 5.41) is 20.2. The maximum absolute atomic E-state index is 12.2. The van der Waals surface area contributed by atoms with E-state index in [-0.39, 0.29) is 17.2 Å². The number of aryl methyl sites for hydroxylation is 1. The van der Waals surface area contributed by atoms with Crippen molar-refractivity contribution in [3.8, 4) is 5.69 Å². The number of nitro benzene ring substituents is 1. The lowest BCUT2D eigenvalue weighted by Gasteiger charge is -2.40. The Bertz CT molecular complexity index is 2020. The summed E-state index contributed by atoms with van der Waals surface area (Å²) in [7, 11) is 0. The number of anilines is 2. The number of carbonyl (C=O) groups excluding carboxylic acids is 1. The fourth-order valence-corrected chi connectivity index (χ4v) is 5.71. The summed E-state index contributed by atoms with van der Waals surface area (Å²) in [4.78, 5) is 35.9. The number of nitrogens with one attached hydrogen (secondary N) is 1. The van der Waals surface area contributed by atoms with Crippen molar-refractivity contribution in [3.05, 3.63) is 136 Å². The predicted octanol–water partition coefficient (Wildman–Crippen LogP) is 7.06. The molecule has 3 heterocycles. The van der Waals surface area contributed by atoms with E-state index in [9.17, 15) is 14.9 Å². The van der Waals surface area contributed by atoms with E-state index in [2.05, 4.69) is 10.2 Å². The molecule has 0 unspecified atom stereocenters. The van der Waals surface area contributed by atoms with Gasteiger partial charge < -0.3 is 15.0 Å². The number of hydrogen-bond acceptors (Lipinski definition) is 9. The molecule has 2 aliphatic rings. The molecule has 4 aromatic carbocycles. The number of esters is 1. The molecule has 7 rings (SSSR count). The summed E-state index contributed by atoms with van der Waals surface area (Å²) in [6, 6.07) is 30.5. The average Bonchev–Trinajstić information content (AvgIpc) is 3.40. The highest BCUT2D eigenvalue weighted by Crippen LogP contribution is 2.48. The summed E-state index contributed by atoms with van der Waals surface area (Å²) in [6.45, 7) is 3.98. The highest BCUT2D eigenvalue weighted by molar-refractivity contribution is 6.51. The third-order valence-electron chi connectivity index (χ3n) is 7.69. The average molecular weight is 598 g/mol. The van der Waals surface area contributed by atoms with Crippen LogP contribution in [0.5, 0.6) is 0 Å². The Morgan fingerprint density at radius 2 is 1.71 bits per heavy atom. The van der Waals surface area contributed by atoms with E-state index in [1.54, 1.807) is 48.0 Å². The SMILES string of the molecule is CCOC(=O)c1ccc(NC2=Nc3ccccc3N3C2=Nc2c(c(C)nn2-c2ccccc2)[C@@H]3c2cccc([N+](=O)[O-])c2)cc1. The summed E-state index contributed by atoms with van der Waals surface area (Å²) in [5.74, 6) is 1.20. The fraction of sp³-hybridized carbons (Fsp3) is 0.118. The molecular weight excluding hydrogens is 570 g/mol. The minimum atomic E-state index is -0.510. The van der Waals surface area contributed by atoms with Crippen LogP contribution in [0.25, 0.3) is 5.69 Å². The van der Waals surface area contributed by atoms with E-state index in [0.29, 0.717) is 40.0 Å². The third kappa shape index (κ3) is 4.89. The summed E-state index contributed by atoms with van der Waals surface area (Å²) >= 11 is 0. The lowest BCUT2D eigenvalue weighted by molar-refractivity contribution is -0.384. The van der Waals surface area contributed by atoms with E-state index >= 15 is 0 Å². The van der Waals surface area contributed by atoms with Gasteiger partial charge in [-0.15, -0.1) is 0 Å². The van der Waals surface area contributed by atoms with Gasteiger partial charge in [0.15, 0.2) is 17.5 Å². The van der Waals surface area contributed by atoms with Crippen molar-refractivity contribution in [1.82, 2.24) is 9.78 Å². The smallest absolute Gasteiger partial charge is 0.338 e. The van der Waals surface area contributed by atoms with Crippen molar-refractivity contribution < 1.29 is 14.5 Å². The zero-order chi connectivity index (χ0) is 31.1. The van der Waals surface area contributed by atoms with Gasteiger partial charge in [0.2, 0.25) is 0 Å². The molecule has 0 fully saturated rings. The van der Waals surface area contributed by atoms with Gasteiger partial charge in [-0.2, -0.15) is 5.10 Å². The summed E-state index contributed by atoms with van der Waals surface area (Å²) in [5.41, 5.74) is 5.74. The molecule has 45 heavy (non-hydrogen) atoms. The highest BCUT2D eigenvalue weighted by atomic mass is 16.6. The molecule has 0 saturated carbocycles. The highest BCUT2D eigenvalue weighted by Gasteiger charge is 2.41. The predicted molar refractivity (Wildman–Crippen MR) is 172 cm³/mol. The lowest BCUT2D eigenvalue weighted by Crippen LogP contribution is -2.46. The van der Waals surface area contributed by atoms with Gasteiger partial charge in [0, 0.05) is 23.4 Å². The molecule has 0 spiro atoms. The quantitative estimate of drug-likeness (QED) is 0.126. The second-order valence-electron chi connectivity index (χ2n) is 10.5. The molecule has 222 valence electrons. The van der Waals surface area contributed by atoms with Crippen LogP contribution in [0.4, 0.5) is 28.6 Å². The number of amidine groups is 2. The maximum atomic E-state index is 12.2. The third-order valence-corrected chi connectivity index (χ3v) is 7.69. The largest absolute Gasteiger partial charge is 0.462 e. The van der Waals surface area contributed by atoms with E-state index in [1.165, 1.54) is 6.07 Å². The number of aromatic nitrogens is 2. The summed E-state index contributed by atoms with van der Waals surface area (Å²) in [6.07, 6.45) is 0. The molecule has 5 aromatic rings. The molecule has 11 nitrogen and oxygen atoms in total. The van der Waals surface area contributed by atoms with Crippen LogP contribution < -0.4 is 10.2 Å². The van der Waals surface area contributed by atoms with E-state index in [0.717, 1.165) is 22.6 Å². The fourth-order valence-electron chi connectivity index (χ4n) is 5.71. The van der Waals surface area contributed by atoms with Gasteiger partial charge in [-0.05, 0) is 67.9 Å². The van der Waals surface area contributed by atoms with E-state index in [4.69, 9.17) is 19.8 Å². The maximum Gasteiger partial charge on any atom is 0.338 e. The van der Waals surface area contributed by atoms with Crippen molar-refractivity contribution in [1.29, 1.82) is 0 Å². The van der Waals surface area contributed by atoms with Crippen LogP contribution in [0.3, 0.4) is 0 Å². The van der Waals surface area contributed by atoms with Crippen LogP contribution in [-0.2, 0) is 4.74 Å². The van der Waals surface area contributed by atoms with Crippen LogP contribution >= 0.6 is 0 Å². The minimum Gasteiger partial charge on any atom is -0.462 e. The minimum absolute atomic E-state index is 0.00906. The number of ether oxygens (including phenoxy) is 1.